The molecule has 0 aliphatic carbocycles. The van der Waals surface area contributed by atoms with E-state index in [1.54, 1.807) is 24.3 Å². The number of urea groups is 1. The summed E-state index contributed by atoms with van der Waals surface area (Å²) >= 11 is 0. The summed E-state index contributed by atoms with van der Waals surface area (Å²) in [6.07, 6.45) is 0. The molecule has 3 aromatic carbocycles. The fourth-order valence-corrected chi connectivity index (χ4v) is 3.61. The van der Waals surface area contributed by atoms with Crippen LogP contribution in [-0.2, 0) is 10.0 Å². The molecule has 160 valence electrons. The van der Waals surface area contributed by atoms with Crippen LogP contribution in [0.15, 0.2) is 77.7 Å². The van der Waals surface area contributed by atoms with Gasteiger partial charge in [0.1, 0.15) is 5.75 Å². The molecule has 3 N–H and O–H groups in total. The Bertz CT molecular complexity index is 1180. The zero-order chi connectivity index (χ0) is 22.4. The van der Waals surface area contributed by atoms with Crippen molar-refractivity contribution in [3.05, 3.63) is 82.9 Å². The van der Waals surface area contributed by atoms with E-state index >= 15 is 0 Å². The van der Waals surface area contributed by atoms with Crippen molar-refractivity contribution in [1.29, 1.82) is 0 Å². The second-order valence-electron chi connectivity index (χ2n) is 6.24. The van der Waals surface area contributed by atoms with E-state index in [-0.39, 0.29) is 10.6 Å². The van der Waals surface area contributed by atoms with Gasteiger partial charge in [-0.2, -0.15) is 0 Å². The third-order valence-electron chi connectivity index (χ3n) is 4.10. The number of methoxy groups -OCH3 is 1. The molecule has 10 nitrogen and oxygen atoms in total. The number of benzene rings is 3. The molecular weight excluding hydrogens is 424 g/mol. The van der Waals surface area contributed by atoms with E-state index in [4.69, 9.17) is 4.74 Å². The zero-order valence-electron chi connectivity index (χ0n) is 16.2. The maximum atomic E-state index is 12.5. The van der Waals surface area contributed by atoms with Crippen LogP contribution >= 0.6 is 0 Å². The third-order valence-corrected chi connectivity index (χ3v) is 5.50. The Balaban J connectivity index is 1.61. The Morgan fingerprint density at radius 2 is 1.32 bits per heavy atom. The van der Waals surface area contributed by atoms with Crippen LogP contribution in [0.4, 0.5) is 27.5 Å². The second kappa shape index (κ2) is 9.13. The number of hydrogen-bond donors (Lipinski definition) is 3. The zero-order valence-corrected chi connectivity index (χ0v) is 17.0. The maximum absolute atomic E-state index is 12.5. The number of non-ortho nitro benzene ring substituents is 1. The van der Waals surface area contributed by atoms with E-state index in [1.165, 1.54) is 55.6 Å². The predicted molar refractivity (Wildman–Crippen MR) is 116 cm³/mol. The highest BCUT2D eigenvalue weighted by atomic mass is 32.2. The highest BCUT2D eigenvalue weighted by Gasteiger charge is 2.14. The van der Waals surface area contributed by atoms with Gasteiger partial charge in [0.2, 0.25) is 0 Å². The summed E-state index contributed by atoms with van der Waals surface area (Å²) in [5.74, 6) is 0.602. The van der Waals surface area contributed by atoms with E-state index in [2.05, 4.69) is 15.4 Å². The number of nitro benzene ring substituents is 1. The van der Waals surface area contributed by atoms with Gasteiger partial charge >= 0.3 is 6.03 Å². The van der Waals surface area contributed by atoms with Crippen molar-refractivity contribution in [1.82, 2.24) is 0 Å². The summed E-state index contributed by atoms with van der Waals surface area (Å²) in [5, 5.41) is 15.7. The van der Waals surface area contributed by atoms with Crippen LogP contribution in [0.5, 0.6) is 5.75 Å². The molecule has 0 aliphatic rings. The van der Waals surface area contributed by atoms with Crippen molar-refractivity contribution in [3.63, 3.8) is 0 Å². The van der Waals surface area contributed by atoms with Crippen LogP contribution in [0.2, 0.25) is 0 Å². The first-order chi connectivity index (χ1) is 14.8. The first kappa shape index (κ1) is 21.6. The Hall–Kier alpha value is -4.12. The summed E-state index contributed by atoms with van der Waals surface area (Å²) < 4.78 is 32.5. The van der Waals surface area contributed by atoms with Gasteiger partial charge in [-0.25, -0.2) is 13.2 Å². The lowest BCUT2D eigenvalue weighted by Crippen LogP contribution is -2.19. The van der Waals surface area contributed by atoms with Crippen LogP contribution in [0.25, 0.3) is 0 Å². The first-order valence-electron chi connectivity index (χ1n) is 8.86. The number of nitro groups is 1. The van der Waals surface area contributed by atoms with E-state index < -0.39 is 21.0 Å². The molecule has 0 spiro atoms. The number of nitrogens with zero attached hydrogens (tertiary/aromatic N) is 1. The van der Waals surface area contributed by atoms with Crippen molar-refractivity contribution in [2.75, 3.05) is 22.5 Å². The Morgan fingerprint density at radius 3 is 1.81 bits per heavy atom. The molecular formula is C20H18N4O6S. The smallest absolute Gasteiger partial charge is 0.323 e. The van der Waals surface area contributed by atoms with Gasteiger partial charge in [0.25, 0.3) is 15.7 Å². The molecule has 11 heteroatoms. The molecule has 0 fully saturated rings. The molecule has 0 radical (unpaired) electrons. The summed E-state index contributed by atoms with van der Waals surface area (Å²) in [6.45, 7) is 0. The molecule has 0 unspecified atom stereocenters. The van der Waals surface area contributed by atoms with E-state index in [9.17, 15) is 23.3 Å². The minimum absolute atomic E-state index is 0.0182. The van der Waals surface area contributed by atoms with Crippen LogP contribution in [0.3, 0.4) is 0 Å². The number of carbonyl (C=O) groups excluding carboxylic acids is 1. The number of carbonyl (C=O) groups is 1. The topological polar surface area (TPSA) is 140 Å². The van der Waals surface area contributed by atoms with Gasteiger partial charge in [-0.1, -0.05) is 0 Å². The molecule has 0 saturated heterocycles. The number of rotatable bonds is 7. The molecule has 0 saturated carbocycles. The normalized spacial score (nSPS) is 10.7. The van der Waals surface area contributed by atoms with E-state index in [0.29, 0.717) is 22.8 Å². The van der Waals surface area contributed by atoms with Gasteiger partial charge in [-0.15, -0.1) is 0 Å². The van der Waals surface area contributed by atoms with Gasteiger partial charge in [0.15, 0.2) is 0 Å². The van der Waals surface area contributed by atoms with Gasteiger partial charge in [0.05, 0.1) is 16.9 Å². The van der Waals surface area contributed by atoms with E-state index in [0.717, 1.165) is 0 Å². The predicted octanol–water partition coefficient (Wildman–Crippen LogP) is 4.05. The van der Waals surface area contributed by atoms with Crippen molar-refractivity contribution >= 4 is 38.8 Å². The van der Waals surface area contributed by atoms with Crippen LogP contribution in [0.1, 0.15) is 0 Å². The lowest BCUT2D eigenvalue weighted by molar-refractivity contribution is -0.384. The lowest BCUT2D eigenvalue weighted by Gasteiger charge is -2.10. The minimum Gasteiger partial charge on any atom is -0.497 e. The van der Waals surface area contributed by atoms with Crippen LogP contribution in [-0.4, -0.2) is 26.5 Å². The molecule has 2 amide bonds. The summed E-state index contributed by atoms with van der Waals surface area (Å²) in [6, 6.07) is 16.8. The lowest BCUT2D eigenvalue weighted by atomic mass is 10.3. The number of amides is 2. The Labute approximate surface area is 178 Å². The Morgan fingerprint density at radius 1 is 0.839 bits per heavy atom. The summed E-state index contributed by atoms with van der Waals surface area (Å²) in [5.41, 5.74) is 1.02. The molecule has 0 bridgehead atoms. The highest BCUT2D eigenvalue weighted by molar-refractivity contribution is 7.92. The van der Waals surface area contributed by atoms with Gasteiger partial charge in [-0.05, 0) is 60.7 Å². The van der Waals surface area contributed by atoms with Crippen molar-refractivity contribution in [2.24, 2.45) is 0 Å². The van der Waals surface area contributed by atoms with E-state index in [1.807, 2.05) is 0 Å². The summed E-state index contributed by atoms with van der Waals surface area (Å²) in [7, 11) is -2.30. The van der Waals surface area contributed by atoms with Crippen molar-refractivity contribution < 1.29 is 22.9 Å². The molecule has 3 rings (SSSR count). The first-order valence-corrected chi connectivity index (χ1v) is 10.3. The number of ether oxygens (including phenoxy) is 1. The van der Waals surface area contributed by atoms with Crippen LogP contribution < -0.4 is 20.1 Å². The third kappa shape index (κ3) is 5.70. The monoisotopic (exact) mass is 442 g/mol. The molecule has 0 atom stereocenters. The van der Waals surface area contributed by atoms with Gasteiger partial charge < -0.3 is 15.4 Å². The number of sulfonamides is 1. The maximum Gasteiger partial charge on any atom is 0.323 e. The van der Waals surface area contributed by atoms with Gasteiger partial charge in [-0.3, -0.25) is 14.8 Å². The fraction of sp³-hybridized carbons (Fsp3) is 0.0500. The standard InChI is InChI=1S/C20H18N4O6S/c1-30-18-10-4-16(5-11-18)23-31(28,29)19-12-6-15(7-13-19)22-20(25)21-14-2-8-17(9-3-14)24(26)27/h2-13,23H,1H3,(H2,21,22,25). The number of anilines is 3. The number of hydrogen-bond acceptors (Lipinski definition) is 6. The molecule has 0 aliphatic heterocycles. The molecule has 3 aromatic rings. The van der Waals surface area contributed by atoms with Gasteiger partial charge in [0, 0.05) is 29.2 Å². The SMILES string of the molecule is COc1ccc(NS(=O)(=O)c2ccc(NC(=O)Nc3ccc([N+](=O)[O-])cc3)cc2)cc1. The fourth-order valence-electron chi connectivity index (χ4n) is 2.55. The second-order valence-corrected chi connectivity index (χ2v) is 7.92. The van der Waals surface area contributed by atoms with Crippen LogP contribution in [0, 0.1) is 10.1 Å². The number of nitrogens with one attached hydrogen (secondary N) is 3. The van der Waals surface area contributed by atoms with Crippen molar-refractivity contribution in [3.8, 4) is 5.75 Å². The quantitative estimate of drug-likeness (QED) is 0.373. The largest absolute Gasteiger partial charge is 0.497 e. The minimum atomic E-state index is -3.81. The average Bonchev–Trinajstić information content (AvgIpc) is 2.74. The highest BCUT2D eigenvalue weighted by Crippen LogP contribution is 2.21. The molecule has 31 heavy (non-hydrogen) atoms. The average molecular weight is 442 g/mol. The molecule has 0 aromatic heterocycles. The Kier molecular flexibility index (Phi) is 6.36. The molecule has 0 heterocycles. The summed E-state index contributed by atoms with van der Waals surface area (Å²) in [4.78, 5) is 22.2. The van der Waals surface area contributed by atoms with Crippen molar-refractivity contribution in [2.45, 2.75) is 4.90 Å².